The van der Waals surface area contributed by atoms with E-state index in [2.05, 4.69) is 19.7 Å². The normalized spacial score (nSPS) is 12.0. The first-order valence-electron chi connectivity index (χ1n) is 4.81. The van der Waals surface area contributed by atoms with Crippen LogP contribution in [0.25, 0.3) is 0 Å². The summed E-state index contributed by atoms with van der Waals surface area (Å²) in [5.74, 6) is 0. The molecule has 0 N–H and O–H groups in total. The van der Waals surface area contributed by atoms with E-state index in [4.69, 9.17) is 4.74 Å². The molecule has 0 aromatic heterocycles. The van der Waals surface area contributed by atoms with Gasteiger partial charge in [0.15, 0.2) is 0 Å². The lowest BCUT2D eigenvalue weighted by atomic mass is 10.1. The van der Waals surface area contributed by atoms with Gasteiger partial charge in [-0.2, -0.15) is 0 Å². The van der Waals surface area contributed by atoms with E-state index < -0.39 is 0 Å². The third kappa shape index (κ3) is 7.54. The quantitative estimate of drug-likeness (QED) is 0.390. The SMILES string of the molecule is C=CCCCCC(C=C)OCC=C. The summed E-state index contributed by atoms with van der Waals surface area (Å²) >= 11 is 0. The van der Waals surface area contributed by atoms with Crippen LogP contribution in [-0.4, -0.2) is 12.7 Å². The van der Waals surface area contributed by atoms with Crippen molar-refractivity contribution in [2.24, 2.45) is 0 Å². The van der Waals surface area contributed by atoms with E-state index >= 15 is 0 Å². The van der Waals surface area contributed by atoms with Crippen molar-refractivity contribution in [2.45, 2.75) is 31.8 Å². The highest BCUT2D eigenvalue weighted by Gasteiger charge is 2.01. The molecule has 0 aliphatic carbocycles. The largest absolute Gasteiger partial charge is 0.370 e. The van der Waals surface area contributed by atoms with E-state index in [1.54, 1.807) is 6.08 Å². The number of unbranched alkanes of at least 4 members (excludes halogenated alkanes) is 2. The monoisotopic (exact) mass is 180 g/mol. The van der Waals surface area contributed by atoms with Crippen molar-refractivity contribution in [1.29, 1.82) is 0 Å². The van der Waals surface area contributed by atoms with Gasteiger partial charge in [0.25, 0.3) is 0 Å². The van der Waals surface area contributed by atoms with E-state index in [9.17, 15) is 0 Å². The van der Waals surface area contributed by atoms with Gasteiger partial charge in [-0.25, -0.2) is 0 Å². The molecule has 0 heterocycles. The van der Waals surface area contributed by atoms with Gasteiger partial charge in [-0.1, -0.05) is 24.6 Å². The topological polar surface area (TPSA) is 9.23 Å². The second-order valence-corrected chi connectivity index (χ2v) is 2.97. The van der Waals surface area contributed by atoms with Crippen molar-refractivity contribution in [3.05, 3.63) is 38.0 Å². The van der Waals surface area contributed by atoms with Crippen LogP contribution in [0.3, 0.4) is 0 Å². The summed E-state index contributed by atoms with van der Waals surface area (Å²) in [5.41, 5.74) is 0. The third-order valence-corrected chi connectivity index (χ3v) is 1.84. The van der Waals surface area contributed by atoms with E-state index in [1.807, 2.05) is 12.2 Å². The molecule has 0 saturated carbocycles. The van der Waals surface area contributed by atoms with Gasteiger partial charge in [-0.05, 0) is 19.3 Å². The van der Waals surface area contributed by atoms with E-state index in [0.29, 0.717) is 6.61 Å². The fraction of sp³-hybridized carbons (Fsp3) is 0.500. The van der Waals surface area contributed by atoms with E-state index in [1.165, 1.54) is 12.8 Å². The molecule has 0 aromatic rings. The van der Waals surface area contributed by atoms with Gasteiger partial charge in [0.05, 0.1) is 12.7 Å². The molecule has 0 spiro atoms. The van der Waals surface area contributed by atoms with E-state index in [0.717, 1.165) is 12.8 Å². The Bertz CT molecular complexity index is 149. The number of hydrogen-bond acceptors (Lipinski definition) is 1. The summed E-state index contributed by atoms with van der Waals surface area (Å²) in [4.78, 5) is 0. The first kappa shape index (κ1) is 12.2. The van der Waals surface area contributed by atoms with Crippen LogP contribution in [0.5, 0.6) is 0 Å². The molecule has 0 fully saturated rings. The molecular formula is C12H20O. The Morgan fingerprint density at radius 2 is 1.85 bits per heavy atom. The lowest BCUT2D eigenvalue weighted by Crippen LogP contribution is -2.09. The van der Waals surface area contributed by atoms with Crippen molar-refractivity contribution in [2.75, 3.05) is 6.61 Å². The zero-order chi connectivity index (χ0) is 9.94. The second kappa shape index (κ2) is 9.27. The fourth-order valence-corrected chi connectivity index (χ4v) is 1.10. The molecule has 0 aromatic carbocycles. The predicted molar refractivity (Wildman–Crippen MR) is 58.8 cm³/mol. The zero-order valence-corrected chi connectivity index (χ0v) is 8.37. The minimum atomic E-state index is 0.183. The molecule has 74 valence electrons. The first-order valence-corrected chi connectivity index (χ1v) is 4.81. The molecule has 0 saturated heterocycles. The summed E-state index contributed by atoms with van der Waals surface area (Å²) in [6.45, 7) is 11.6. The number of ether oxygens (including phenoxy) is 1. The highest BCUT2D eigenvalue weighted by Crippen LogP contribution is 2.07. The van der Waals surface area contributed by atoms with Crippen molar-refractivity contribution >= 4 is 0 Å². The van der Waals surface area contributed by atoms with Crippen molar-refractivity contribution in [3.8, 4) is 0 Å². The highest BCUT2D eigenvalue weighted by molar-refractivity contribution is 4.81. The Morgan fingerprint density at radius 1 is 1.08 bits per heavy atom. The van der Waals surface area contributed by atoms with Gasteiger partial charge in [0.2, 0.25) is 0 Å². The van der Waals surface area contributed by atoms with E-state index in [-0.39, 0.29) is 6.10 Å². The Balaban J connectivity index is 3.40. The van der Waals surface area contributed by atoms with Crippen LogP contribution in [0.1, 0.15) is 25.7 Å². The molecule has 0 bridgehead atoms. The number of hydrogen-bond donors (Lipinski definition) is 0. The lowest BCUT2D eigenvalue weighted by molar-refractivity contribution is 0.101. The molecule has 0 aliphatic rings. The van der Waals surface area contributed by atoms with Gasteiger partial charge >= 0.3 is 0 Å². The summed E-state index contributed by atoms with van der Waals surface area (Å²) in [5, 5.41) is 0. The fourth-order valence-electron chi connectivity index (χ4n) is 1.10. The molecule has 0 rings (SSSR count). The summed E-state index contributed by atoms with van der Waals surface area (Å²) in [7, 11) is 0. The average molecular weight is 180 g/mol. The average Bonchev–Trinajstić information content (AvgIpc) is 2.17. The van der Waals surface area contributed by atoms with Crippen LogP contribution < -0.4 is 0 Å². The second-order valence-electron chi connectivity index (χ2n) is 2.97. The van der Waals surface area contributed by atoms with Gasteiger partial charge in [0, 0.05) is 0 Å². The maximum atomic E-state index is 5.46. The molecular weight excluding hydrogens is 160 g/mol. The standard InChI is InChI=1S/C12H20O/c1-4-7-8-9-10-12(6-3)13-11-5-2/h4-6,12H,1-3,7-11H2. The van der Waals surface area contributed by atoms with Crippen LogP contribution in [-0.2, 0) is 4.74 Å². The minimum absolute atomic E-state index is 0.183. The Kier molecular flexibility index (Phi) is 8.68. The summed E-state index contributed by atoms with van der Waals surface area (Å²) < 4.78 is 5.46. The van der Waals surface area contributed by atoms with Crippen molar-refractivity contribution < 1.29 is 4.74 Å². The van der Waals surface area contributed by atoms with Gasteiger partial charge < -0.3 is 4.74 Å². The lowest BCUT2D eigenvalue weighted by Gasteiger charge is -2.11. The van der Waals surface area contributed by atoms with Crippen LogP contribution in [0, 0.1) is 0 Å². The van der Waals surface area contributed by atoms with Crippen LogP contribution >= 0.6 is 0 Å². The highest BCUT2D eigenvalue weighted by atomic mass is 16.5. The number of allylic oxidation sites excluding steroid dienone is 1. The summed E-state index contributed by atoms with van der Waals surface area (Å²) in [6, 6.07) is 0. The maximum Gasteiger partial charge on any atom is 0.0757 e. The van der Waals surface area contributed by atoms with Gasteiger partial charge in [-0.3, -0.25) is 0 Å². The van der Waals surface area contributed by atoms with Crippen LogP contribution in [0.2, 0.25) is 0 Å². The molecule has 1 atom stereocenters. The molecule has 0 radical (unpaired) electrons. The zero-order valence-electron chi connectivity index (χ0n) is 8.37. The minimum Gasteiger partial charge on any atom is -0.370 e. The van der Waals surface area contributed by atoms with Crippen LogP contribution in [0.15, 0.2) is 38.0 Å². The smallest absolute Gasteiger partial charge is 0.0757 e. The molecule has 0 amide bonds. The van der Waals surface area contributed by atoms with Crippen molar-refractivity contribution in [1.82, 2.24) is 0 Å². The Morgan fingerprint density at radius 3 is 2.38 bits per heavy atom. The molecule has 1 unspecified atom stereocenters. The molecule has 0 aliphatic heterocycles. The Hall–Kier alpha value is -0.820. The number of rotatable bonds is 9. The van der Waals surface area contributed by atoms with Gasteiger partial charge in [0.1, 0.15) is 0 Å². The predicted octanol–water partition coefficient (Wildman–Crippen LogP) is 3.49. The van der Waals surface area contributed by atoms with Crippen LogP contribution in [0.4, 0.5) is 0 Å². The van der Waals surface area contributed by atoms with Gasteiger partial charge in [-0.15, -0.1) is 19.7 Å². The maximum absolute atomic E-state index is 5.46. The molecule has 1 nitrogen and oxygen atoms in total. The van der Waals surface area contributed by atoms with Crippen molar-refractivity contribution in [3.63, 3.8) is 0 Å². The summed E-state index contributed by atoms with van der Waals surface area (Å²) in [6.07, 6.45) is 10.2. The molecule has 13 heavy (non-hydrogen) atoms. The Labute approximate surface area is 81.8 Å². The molecule has 1 heteroatoms. The first-order chi connectivity index (χ1) is 6.35. The third-order valence-electron chi connectivity index (χ3n) is 1.84.